The van der Waals surface area contributed by atoms with Crippen LogP contribution in [0, 0.1) is 5.82 Å². The number of aromatic nitrogens is 2. The highest BCUT2D eigenvalue weighted by molar-refractivity contribution is 5.76. The Labute approximate surface area is 171 Å². The molecule has 29 heavy (non-hydrogen) atoms. The number of ether oxygens (including phenoxy) is 1. The van der Waals surface area contributed by atoms with Gasteiger partial charge in [-0.1, -0.05) is 26.0 Å². The largest absolute Gasteiger partial charge is 0.489 e. The Kier molecular flexibility index (Phi) is 7.01. The molecule has 2 heterocycles. The average Bonchev–Trinajstić information content (AvgIpc) is 3.15. The topological polar surface area (TPSA) is 67.3 Å². The summed E-state index contributed by atoms with van der Waals surface area (Å²) >= 11 is 0. The molecule has 6 nitrogen and oxygen atoms in total. The van der Waals surface area contributed by atoms with Crippen LogP contribution >= 0.6 is 0 Å². The van der Waals surface area contributed by atoms with Crippen molar-refractivity contribution in [2.24, 2.45) is 0 Å². The summed E-state index contributed by atoms with van der Waals surface area (Å²) in [5.74, 6) is 1.51. The van der Waals surface area contributed by atoms with Gasteiger partial charge in [-0.05, 0) is 37.0 Å². The van der Waals surface area contributed by atoms with Crippen LogP contribution in [0.25, 0.3) is 0 Å². The first-order chi connectivity index (χ1) is 14.0. The van der Waals surface area contributed by atoms with Gasteiger partial charge in [0, 0.05) is 25.9 Å². The number of hydrogen-bond donors (Lipinski definition) is 1. The van der Waals surface area contributed by atoms with E-state index in [2.05, 4.69) is 22.2 Å². The number of ketones is 1. The van der Waals surface area contributed by atoms with Gasteiger partial charge in [-0.2, -0.15) is 4.98 Å². The molecule has 0 aliphatic carbocycles. The third-order valence-electron chi connectivity index (χ3n) is 5.05. The van der Waals surface area contributed by atoms with Crippen LogP contribution in [0.5, 0.6) is 5.75 Å². The maximum atomic E-state index is 14.2. The standard InChI is InChI=1S/C22H29FN4O2/c1-4-10-24-22-25-13-20(23)21(26-22)27-11-9-19(14-27)29-18-7-5-17(6-8-18)15(2)12-16(3)28/h5-8,13,15,19H,4,9-12,14H2,1-3H3,(H,24,25,26)/t15-,19-/m1/s1. The van der Waals surface area contributed by atoms with Crippen LogP contribution in [-0.2, 0) is 4.79 Å². The molecule has 1 aliphatic heterocycles. The zero-order valence-corrected chi connectivity index (χ0v) is 17.3. The summed E-state index contributed by atoms with van der Waals surface area (Å²) in [5.41, 5.74) is 1.12. The summed E-state index contributed by atoms with van der Waals surface area (Å²) in [6, 6.07) is 7.89. The lowest BCUT2D eigenvalue weighted by molar-refractivity contribution is -0.117. The lowest BCUT2D eigenvalue weighted by Crippen LogP contribution is -2.26. The van der Waals surface area contributed by atoms with Crippen molar-refractivity contribution in [3.05, 3.63) is 41.8 Å². The molecule has 156 valence electrons. The SMILES string of the molecule is CCCNc1ncc(F)c(N2CC[C@@H](Oc3ccc([C@H](C)CC(C)=O)cc3)C2)n1. The maximum absolute atomic E-state index is 14.2. The van der Waals surface area contributed by atoms with E-state index in [1.807, 2.05) is 36.1 Å². The van der Waals surface area contributed by atoms with E-state index < -0.39 is 5.82 Å². The minimum atomic E-state index is -0.420. The van der Waals surface area contributed by atoms with Crippen molar-refractivity contribution < 1.29 is 13.9 Å². The van der Waals surface area contributed by atoms with Crippen molar-refractivity contribution in [2.45, 2.75) is 52.1 Å². The smallest absolute Gasteiger partial charge is 0.224 e. The first-order valence-corrected chi connectivity index (χ1v) is 10.2. The van der Waals surface area contributed by atoms with E-state index in [9.17, 15) is 9.18 Å². The highest BCUT2D eigenvalue weighted by atomic mass is 19.1. The fourth-order valence-electron chi connectivity index (χ4n) is 3.54. The van der Waals surface area contributed by atoms with Crippen molar-refractivity contribution in [1.82, 2.24) is 9.97 Å². The van der Waals surface area contributed by atoms with Gasteiger partial charge >= 0.3 is 0 Å². The van der Waals surface area contributed by atoms with Gasteiger partial charge < -0.3 is 19.7 Å². The van der Waals surface area contributed by atoms with Gasteiger partial charge in [-0.25, -0.2) is 9.37 Å². The van der Waals surface area contributed by atoms with E-state index in [4.69, 9.17) is 4.74 Å². The summed E-state index contributed by atoms with van der Waals surface area (Å²) in [6.45, 7) is 7.71. The molecule has 0 radical (unpaired) electrons. The zero-order valence-electron chi connectivity index (χ0n) is 17.3. The fraction of sp³-hybridized carbons (Fsp3) is 0.500. The number of carbonyl (C=O) groups is 1. The Balaban J connectivity index is 1.59. The van der Waals surface area contributed by atoms with Gasteiger partial charge in [-0.3, -0.25) is 0 Å². The fourth-order valence-corrected chi connectivity index (χ4v) is 3.54. The molecular weight excluding hydrogens is 371 g/mol. The van der Waals surface area contributed by atoms with Gasteiger partial charge in [0.15, 0.2) is 11.6 Å². The number of nitrogens with zero attached hydrogens (tertiary/aromatic N) is 3. The molecule has 2 atom stereocenters. The van der Waals surface area contributed by atoms with E-state index in [-0.39, 0.29) is 17.8 Å². The Bertz CT molecular complexity index is 828. The number of benzene rings is 1. The van der Waals surface area contributed by atoms with Gasteiger partial charge in [0.1, 0.15) is 17.6 Å². The maximum Gasteiger partial charge on any atom is 0.224 e. The van der Waals surface area contributed by atoms with E-state index >= 15 is 0 Å². The first kappa shape index (κ1) is 21.0. The monoisotopic (exact) mass is 400 g/mol. The molecule has 1 aromatic heterocycles. The molecule has 3 rings (SSSR count). The Morgan fingerprint density at radius 2 is 2.14 bits per heavy atom. The van der Waals surface area contributed by atoms with Gasteiger partial charge in [-0.15, -0.1) is 0 Å². The minimum Gasteiger partial charge on any atom is -0.489 e. The summed E-state index contributed by atoms with van der Waals surface area (Å²) in [7, 11) is 0. The van der Waals surface area contributed by atoms with Crippen LogP contribution in [0.1, 0.15) is 51.5 Å². The van der Waals surface area contributed by atoms with Crippen molar-refractivity contribution in [1.29, 1.82) is 0 Å². The molecule has 7 heteroatoms. The summed E-state index contributed by atoms with van der Waals surface area (Å²) in [6.07, 6.45) is 3.47. The Morgan fingerprint density at radius 3 is 2.83 bits per heavy atom. The van der Waals surface area contributed by atoms with Gasteiger partial charge in [0.05, 0.1) is 12.7 Å². The molecular formula is C22H29FN4O2. The van der Waals surface area contributed by atoms with Crippen LogP contribution in [-0.4, -0.2) is 41.5 Å². The van der Waals surface area contributed by atoms with Crippen molar-refractivity contribution in [3.63, 3.8) is 0 Å². The molecule has 0 saturated carbocycles. The van der Waals surface area contributed by atoms with Gasteiger partial charge in [0.2, 0.25) is 5.95 Å². The third kappa shape index (κ3) is 5.65. The second-order valence-corrected chi connectivity index (χ2v) is 7.64. The molecule has 1 fully saturated rings. The highest BCUT2D eigenvalue weighted by Crippen LogP contribution is 2.26. The second-order valence-electron chi connectivity index (χ2n) is 7.64. The van der Waals surface area contributed by atoms with Crippen molar-refractivity contribution in [3.8, 4) is 5.75 Å². The lowest BCUT2D eigenvalue weighted by Gasteiger charge is -2.19. The number of Topliss-reactive ketones (excluding diaryl/α,β-unsaturated/α-hetero) is 1. The Morgan fingerprint density at radius 1 is 1.38 bits per heavy atom. The molecule has 2 aromatic rings. The molecule has 0 amide bonds. The average molecular weight is 400 g/mol. The third-order valence-corrected chi connectivity index (χ3v) is 5.05. The lowest BCUT2D eigenvalue weighted by atomic mass is 9.96. The molecule has 1 aromatic carbocycles. The quantitative estimate of drug-likeness (QED) is 0.681. The first-order valence-electron chi connectivity index (χ1n) is 10.2. The molecule has 0 unspecified atom stereocenters. The predicted molar refractivity (Wildman–Crippen MR) is 112 cm³/mol. The number of hydrogen-bond acceptors (Lipinski definition) is 6. The van der Waals surface area contributed by atoms with Crippen LogP contribution in [0.15, 0.2) is 30.5 Å². The number of nitrogens with one attached hydrogen (secondary N) is 1. The normalized spacial score (nSPS) is 17.2. The minimum absolute atomic E-state index is 0.0306. The zero-order chi connectivity index (χ0) is 20.8. The number of halogens is 1. The molecule has 1 N–H and O–H groups in total. The summed E-state index contributed by atoms with van der Waals surface area (Å²) in [4.78, 5) is 21.5. The highest BCUT2D eigenvalue weighted by Gasteiger charge is 2.27. The molecule has 0 bridgehead atoms. The predicted octanol–water partition coefficient (Wildman–Crippen LogP) is 4.18. The van der Waals surface area contributed by atoms with E-state index in [1.165, 1.54) is 6.20 Å². The number of anilines is 2. The van der Waals surface area contributed by atoms with Crippen LogP contribution in [0.4, 0.5) is 16.2 Å². The van der Waals surface area contributed by atoms with Crippen LogP contribution < -0.4 is 15.0 Å². The summed E-state index contributed by atoms with van der Waals surface area (Å²) < 4.78 is 20.3. The van der Waals surface area contributed by atoms with Crippen LogP contribution in [0.3, 0.4) is 0 Å². The van der Waals surface area contributed by atoms with Crippen molar-refractivity contribution in [2.75, 3.05) is 29.9 Å². The molecule has 1 saturated heterocycles. The summed E-state index contributed by atoms with van der Waals surface area (Å²) in [5, 5.41) is 3.09. The Hall–Kier alpha value is -2.70. The van der Waals surface area contributed by atoms with Crippen molar-refractivity contribution >= 4 is 17.5 Å². The number of rotatable bonds is 9. The second kappa shape index (κ2) is 9.67. The molecule has 0 spiro atoms. The van der Waals surface area contributed by atoms with E-state index in [0.29, 0.717) is 31.3 Å². The van der Waals surface area contributed by atoms with E-state index in [0.717, 1.165) is 30.7 Å². The van der Waals surface area contributed by atoms with E-state index in [1.54, 1.807) is 6.92 Å². The van der Waals surface area contributed by atoms with Gasteiger partial charge in [0.25, 0.3) is 0 Å². The molecule has 1 aliphatic rings. The number of carbonyl (C=O) groups excluding carboxylic acids is 1. The van der Waals surface area contributed by atoms with Crippen LogP contribution in [0.2, 0.25) is 0 Å².